The number of carboxylic acid groups (broad SMARTS) is 1. The van der Waals surface area contributed by atoms with E-state index >= 15 is 0 Å². The highest BCUT2D eigenvalue weighted by molar-refractivity contribution is 7.91. The minimum atomic E-state index is -3.65. The Morgan fingerprint density at radius 3 is 2.65 bits per heavy atom. The molecule has 0 amide bonds. The number of ether oxygens (including phenoxy) is 1. The van der Waals surface area contributed by atoms with Gasteiger partial charge in [0.1, 0.15) is 17.1 Å². The molecule has 0 saturated heterocycles. The lowest BCUT2D eigenvalue weighted by atomic mass is 10.2. The van der Waals surface area contributed by atoms with Gasteiger partial charge in [0.05, 0.1) is 12.0 Å². The highest BCUT2D eigenvalue weighted by Gasteiger charge is 2.18. The van der Waals surface area contributed by atoms with Gasteiger partial charge >= 0.3 is 5.97 Å². The van der Waals surface area contributed by atoms with Gasteiger partial charge in [-0.15, -0.1) is 6.42 Å². The topological polar surface area (TPSA) is 80.7 Å². The second-order valence-electron chi connectivity index (χ2n) is 3.13. The summed E-state index contributed by atoms with van der Waals surface area (Å²) in [6, 6.07) is 3.58. The van der Waals surface area contributed by atoms with Crippen LogP contribution in [-0.4, -0.2) is 32.4 Å². The van der Waals surface area contributed by atoms with Gasteiger partial charge < -0.3 is 9.84 Å². The van der Waals surface area contributed by atoms with E-state index in [0.29, 0.717) is 0 Å². The number of carbonyl (C=O) groups is 1. The van der Waals surface area contributed by atoms with Crippen LogP contribution in [-0.2, 0) is 9.84 Å². The number of aromatic carboxylic acids is 1. The second-order valence-corrected chi connectivity index (χ2v) is 5.12. The number of sulfone groups is 1. The molecular formula is C11H10O5S. The molecular weight excluding hydrogens is 244 g/mol. The Labute approximate surface area is 99.0 Å². The molecule has 17 heavy (non-hydrogen) atoms. The van der Waals surface area contributed by atoms with Gasteiger partial charge in [-0.3, -0.25) is 0 Å². The van der Waals surface area contributed by atoms with E-state index in [-0.39, 0.29) is 16.2 Å². The number of hydrogen-bond donors (Lipinski definition) is 1. The molecule has 5 nitrogen and oxygen atoms in total. The van der Waals surface area contributed by atoms with Crippen LogP contribution in [0.4, 0.5) is 0 Å². The number of methoxy groups -OCH3 is 1. The van der Waals surface area contributed by atoms with E-state index < -0.39 is 21.6 Å². The Bertz CT molecular complexity index is 580. The van der Waals surface area contributed by atoms with Crippen LogP contribution in [0.1, 0.15) is 10.4 Å². The first-order chi connectivity index (χ1) is 7.92. The quantitative estimate of drug-likeness (QED) is 0.804. The lowest BCUT2D eigenvalue weighted by Gasteiger charge is -2.07. The Morgan fingerprint density at radius 1 is 1.53 bits per heavy atom. The molecule has 0 bridgehead atoms. The molecule has 0 atom stereocenters. The molecule has 1 aromatic carbocycles. The van der Waals surface area contributed by atoms with Crippen LogP contribution in [0.3, 0.4) is 0 Å². The largest absolute Gasteiger partial charge is 0.496 e. The van der Waals surface area contributed by atoms with Gasteiger partial charge in [-0.25, -0.2) is 13.2 Å². The number of carboxylic acids is 1. The Hall–Kier alpha value is -2.00. The fraction of sp³-hybridized carbons (Fsp3) is 0.182. The molecule has 0 unspecified atom stereocenters. The lowest BCUT2D eigenvalue weighted by molar-refractivity contribution is 0.0693. The standard InChI is InChI=1S/C11H10O5S/c1-3-6-17(14,15)8-4-5-10(16-2)9(7-8)11(12)13/h1,4-5,7H,6H2,2H3,(H,12,13). The van der Waals surface area contributed by atoms with E-state index in [1.165, 1.54) is 19.2 Å². The predicted molar refractivity (Wildman–Crippen MR) is 60.8 cm³/mol. The zero-order valence-corrected chi connectivity index (χ0v) is 9.82. The average molecular weight is 254 g/mol. The molecule has 90 valence electrons. The van der Waals surface area contributed by atoms with Crippen molar-refractivity contribution < 1.29 is 23.1 Å². The van der Waals surface area contributed by atoms with E-state index in [0.717, 1.165) is 6.07 Å². The van der Waals surface area contributed by atoms with Crippen LogP contribution in [0.25, 0.3) is 0 Å². The van der Waals surface area contributed by atoms with Crippen LogP contribution in [0, 0.1) is 12.3 Å². The molecule has 1 aromatic rings. The Morgan fingerprint density at radius 2 is 2.18 bits per heavy atom. The third-order valence-corrected chi connectivity index (χ3v) is 3.55. The summed E-state index contributed by atoms with van der Waals surface area (Å²) in [5.41, 5.74) is -0.217. The fourth-order valence-electron chi connectivity index (χ4n) is 1.24. The van der Waals surface area contributed by atoms with Crippen LogP contribution < -0.4 is 4.74 Å². The molecule has 0 radical (unpaired) electrons. The van der Waals surface area contributed by atoms with Gasteiger partial charge in [-0.1, -0.05) is 5.92 Å². The number of terminal acetylenes is 1. The summed E-state index contributed by atoms with van der Waals surface area (Å²) in [4.78, 5) is 10.8. The zero-order valence-electron chi connectivity index (χ0n) is 9.00. The van der Waals surface area contributed by atoms with Crippen molar-refractivity contribution >= 4 is 15.8 Å². The maximum absolute atomic E-state index is 11.6. The summed E-state index contributed by atoms with van der Waals surface area (Å²) < 4.78 is 28.1. The van der Waals surface area contributed by atoms with Crippen LogP contribution in [0.5, 0.6) is 5.75 Å². The molecule has 0 saturated carbocycles. The minimum Gasteiger partial charge on any atom is -0.496 e. The third-order valence-electron chi connectivity index (χ3n) is 2.03. The summed E-state index contributed by atoms with van der Waals surface area (Å²) in [7, 11) is -2.34. The molecule has 0 spiro atoms. The molecule has 0 fully saturated rings. The third kappa shape index (κ3) is 2.77. The van der Waals surface area contributed by atoms with E-state index in [9.17, 15) is 13.2 Å². The maximum Gasteiger partial charge on any atom is 0.339 e. The van der Waals surface area contributed by atoms with Crippen molar-refractivity contribution in [1.82, 2.24) is 0 Å². The van der Waals surface area contributed by atoms with Crippen LogP contribution >= 0.6 is 0 Å². The van der Waals surface area contributed by atoms with E-state index in [2.05, 4.69) is 0 Å². The first-order valence-electron chi connectivity index (χ1n) is 4.50. The Balaban J connectivity index is 3.37. The average Bonchev–Trinajstić information content (AvgIpc) is 2.28. The monoisotopic (exact) mass is 254 g/mol. The molecule has 1 N–H and O–H groups in total. The first kappa shape index (κ1) is 13.1. The number of hydrogen-bond acceptors (Lipinski definition) is 4. The van der Waals surface area contributed by atoms with Crippen molar-refractivity contribution in [2.24, 2.45) is 0 Å². The predicted octanol–water partition coefficient (Wildman–Crippen LogP) is 0.800. The van der Waals surface area contributed by atoms with Crippen molar-refractivity contribution in [3.63, 3.8) is 0 Å². The molecule has 0 aliphatic rings. The van der Waals surface area contributed by atoms with Gasteiger partial charge in [0, 0.05) is 0 Å². The van der Waals surface area contributed by atoms with Gasteiger partial charge in [-0.05, 0) is 18.2 Å². The highest BCUT2D eigenvalue weighted by Crippen LogP contribution is 2.22. The zero-order chi connectivity index (χ0) is 13.1. The van der Waals surface area contributed by atoms with Gasteiger partial charge in [-0.2, -0.15) is 0 Å². The Kier molecular flexibility index (Phi) is 3.76. The van der Waals surface area contributed by atoms with Crippen molar-refractivity contribution in [3.8, 4) is 18.1 Å². The fourth-order valence-corrected chi connectivity index (χ4v) is 2.20. The molecule has 0 aliphatic heterocycles. The summed E-state index contributed by atoms with van der Waals surface area (Å²) in [5.74, 6) is 0.374. The van der Waals surface area contributed by atoms with Crippen molar-refractivity contribution in [2.45, 2.75) is 4.90 Å². The van der Waals surface area contributed by atoms with Crippen LogP contribution in [0.15, 0.2) is 23.1 Å². The van der Waals surface area contributed by atoms with E-state index in [4.69, 9.17) is 16.3 Å². The smallest absolute Gasteiger partial charge is 0.339 e. The maximum atomic E-state index is 11.6. The van der Waals surface area contributed by atoms with Gasteiger partial charge in [0.25, 0.3) is 0 Å². The van der Waals surface area contributed by atoms with Crippen LogP contribution in [0.2, 0.25) is 0 Å². The molecule has 1 rings (SSSR count). The lowest BCUT2D eigenvalue weighted by Crippen LogP contribution is -2.08. The van der Waals surface area contributed by atoms with Gasteiger partial charge in [0.15, 0.2) is 9.84 Å². The molecule has 0 aromatic heterocycles. The van der Waals surface area contributed by atoms with Gasteiger partial charge in [0.2, 0.25) is 0 Å². The molecule has 6 heteroatoms. The van der Waals surface area contributed by atoms with Crippen molar-refractivity contribution in [1.29, 1.82) is 0 Å². The second kappa shape index (κ2) is 4.89. The highest BCUT2D eigenvalue weighted by atomic mass is 32.2. The summed E-state index contributed by atoms with van der Waals surface area (Å²) >= 11 is 0. The van der Waals surface area contributed by atoms with E-state index in [1.807, 2.05) is 5.92 Å². The summed E-state index contributed by atoms with van der Waals surface area (Å²) in [6.07, 6.45) is 4.94. The SMILES string of the molecule is C#CCS(=O)(=O)c1ccc(OC)c(C(=O)O)c1. The summed E-state index contributed by atoms with van der Waals surface area (Å²) in [5, 5.41) is 8.90. The van der Waals surface area contributed by atoms with Crippen molar-refractivity contribution in [3.05, 3.63) is 23.8 Å². The molecule has 0 heterocycles. The normalized spacial score (nSPS) is 10.6. The number of benzene rings is 1. The minimum absolute atomic E-state index is 0.0946. The number of rotatable bonds is 4. The summed E-state index contributed by atoms with van der Waals surface area (Å²) in [6.45, 7) is 0. The molecule has 0 aliphatic carbocycles. The van der Waals surface area contributed by atoms with E-state index in [1.54, 1.807) is 0 Å². The first-order valence-corrected chi connectivity index (χ1v) is 6.15. The van der Waals surface area contributed by atoms with Crippen molar-refractivity contribution in [2.75, 3.05) is 12.9 Å².